The van der Waals surface area contributed by atoms with Gasteiger partial charge in [0.2, 0.25) is 0 Å². The molecule has 0 bridgehead atoms. The van der Waals surface area contributed by atoms with Crippen molar-refractivity contribution in [3.05, 3.63) is 41.6 Å². The lowest BCUT2D eigenvalue weighted by Crippen LogP contribution is -2.06. The minimum Gasteiger partial charge on any atom is -0.266 e. The van der Waals surface area contributed by atoms with Gasteiger partial charge in [0.25, 0.3) is 0 Å². The van der Waals surface area contributed by atoms with Crippen molar-refractivity contribution in [3.8, 4) is 11.3 Å². The zero-order valence-electron chi connectivity index (χ0n) is 10.5. The first kappa shape index (κ1) is 10.6. The van der Waals surface area contributed by atoms with Crippen LogP contribution in [-0.2, 0) is 12.8 Å². The van der Waals surface area contributed by atoms with Gasteiger partial charge in [0.1, 0.15) is 0 Å². The third-order valence-corrected chi connectivity index (χ3v) is 3.50. The highest BCUT2D eigenvalue weighted by Crippen LogP contribution is 2.33. The number of hydrogen-bond donors (Lipinski definition) is 0. The van der Waals surface area contributed by atoms with Gasteiger partial charge in [-0.2, -0.15) is 5.10 Å². The smallest absolute Gasteiger partial charge is 0.0958 e. The Morgan fingerprint density at radius 3 is 2.59 bits per heavy atom. The molecule has 2 heteroatoms. The summed E-state index contributed by atoms with van der Waals surface area (Å²) in [5, 5.41) is 4.82. The number of benzene rings is 1. The highest BCUT2D eigenvalue weighted by molar-refractivity contribution is 5.64. The maximum Gasteiger partial charge on any atom is 0.0958 e. The summed E-state index contributed by atoms with van der Waals surface area (Å²) in [5.41, 5.74) is 5.39. The number of rotatable bonds is 2. The van der Waals surface area contributed by atoms with E-state index in [0.29, 0.717) is 6.04 Å². The van der Waals surface area contributed by atoms with E-state index < -0.39 is 0 Å². The maximum absolute atomic E-state index is 4.82. The molecule has 1 aromatic heterocycles. The molecular formula is C15H18N2. The average molecular weight is 226 g/mol. The highest BCUT2D eigenvalue weighted by Gasteiger charge is 2.23. The number of fused-ring (bicyclic) bond motifs is 1. The molecule has 1 aromatic carbocycles. The van der Waals surface area contributed by atoms with Crippen LogP contribution in [0, 0.1) is 0 Å². The van der Waals surface area contributed by atoms with Gasteiger partial charge in [0, 0.05) is 22.9 Å². The lowest BCUT2D eigenvalue weighted by molar-refractivity contribution is 0.512. The van der Waals surface area contributed by atoms with Crippen LogP contribution >= 0.6 is 0 Å². The highest BCUT2D eigenvalue weighted by atomic mass is 15.3. The van der Waals surface area contributed by atoms with Crippen molar-refractivity contribution in [2.45, 2.75) is 39.2 Å². The number of hydrogen-bond acceptors (Lipinski definition) is 1. The molecule has 1 aliphatic rings. The molecule has 2 nitrogen and oxygen atoms in total. The second-order valence-electron chi connectivity index (χ2n) is 5.03. The third-order valence-electron chi connectivity index (χ3n) is 3.50. The van der Waals surface area contributed by atoms with Gasteiger partial charge in [-0.25, -0.2) is 0 Å². The number of nitrogens with zero attached hydrogens (tertiary/aromatic N) is 2. The lowest BCUT2D eigenvalue weighted by Gasteiger charge is -2.08. The maximum atomic E-state index is 4.82. The van der Waals surface area contributed by atoms with Crippen molar-refractivity contribution in [3.63, 3.8) is 0 Å². The Balaban J connectivity index is 2.16. The van der Waals surface area contributed by atoms with E-state index in [0.717, 1.165) is 0 Å². The van der Waals surface area contributed by atoms with Crippen molar-refractivity contribution in [1.29, 1.82) is 0 Å². The fraction of sp³-hybridized carbons (Fsp3) is 0.400. The standard InChI is InChI=1S/C15H18N2/c1-11(2)17-14-10-6-9-13(14)15(16-17)12-7-4-3-5-8-12/h3-5,7-8,11H,6,9-10H2,1-2H3. The Morgan fingerprint density at radius 2 is 1.88 bits per heavy atom. The Bertz CT molecular complexity index is 523. The normalized spacial score (nSPS) is 14.3. The lowest BCUT2D eigenvalue weighted by atomic mass is 10.1. The minimum atomic E-state index is 0.458. The van der Waals surface area contributed by atoms with E-state index in [4.69, 9.17) is 5.10 Å². The van der Waals surface area contributed by atoms with E-state index >= 15 is 0 Å². The Hall–Kier alpha value is -1.57. The van der Waals surface area contributed by atoms with Gasteiger partial charge in [-0.15, -0.1) is 0 Å². The SMILES string of the molecule is CC(C)n1nc(-c2ccccc2)c2c1CCC2. The zero-order valence-corrected chi connectivity index (χ0v) is 10.5. The molecule has 0 saturated carbocycles. The summed E-state index contributed by atoms with van der Waals surface area (Å²) < 4.78 is 2.21. The van der Waals surface area contributed by atoms with E-state index in [1.165, 1.54) is 41.8 Å². The molecule has 0 saturated heterocycles. The van der Waals surface area contributed by atoms with E-state index in [1.807, 2.05) is 0 Å². The molecule has 0 atom stereocenters. The van der Waals surface area contributed by atoms with Gasteiger partial charge >= 0.3 is 0 Å². The largest absolute Gasteiger partial charge is 0.266 e. The van der Waals surface area contributed by atoms with Gasteiger partial charge in [-0.05, 0) is 33.1 Å². The molecule has 0 aliphatic heterocycles. The molecule has 0 radical (unpaired) electrons. The fourth-order valence-corrected chi connectivity index (χ4v) is 2.72. The van der Waals surface area contributed by atoms with E-state index in [1.54, 1.807) is 0 Å². The fourth-order valence-electron chi connectivity index (χ4n) is 2.72. The second-order valence-corrected chi connectivity index (χ2v) is 5.03. The van der Waals surface area contributed by atoms with Crippen LogP contribution in [-0.4, -0.2) is 9.78 Å². The average Bonchev–Trinajstić information content (AvgIpc) is 2.90. The first-order valence-corrected chi connectivity index (χ1v) is 6.43. The van der Waals surface area contributed by atoms with Crippen molar-refractivity contribution in [2.24, 2.45) is 0 Å². The summed E-state index contributed by atoms with van der Waals surface area (Å²) in [5.74, 6) is 0. The summed E-state index contributed by atoms with van der Waals surface area (Å²) >= 11 is 0. The third kappa shape index (κ3) is 1.68. The molecule has 0 fully saturated rings. The molecule has 0 amide bonds. The number of aromatic nitrogens is 2. The monoisotopic (exact) mass is 226 g/mol. The van der Waals surface area contributed by atoms with Crippen LogP contribution in [0.1, 0.15) is 37.6 Å². The summed E-state index contributed by atoms with van der Waals surface area (Å²) in [6.45, 7) is 4.42. The van der Waals surface area contributed by atoms with Gasteiger partial charge in [-0.1, -0.05) is 30.3 Å². The quantitative estimate of drug-likeness (QED) is 0.764. The van der Waals surface area contributed by atoms with Crippen molar-refractivity contribution < 1.29 is 0 Å². The molecule has 0 N–H and O–H groups in total. The van der Waals surface area contributed by atoms with Gasteiger partial charge in [0.05, 0.1) is 5.69 Å². The first-order valence-electron chi connectivity index (χ1n) is 6.43. The summed E-state index contributed by atoms with van der Waals surface area (Å²) in [4.78, 5) is 0. The van der Waals surface area contributed by atoms with Crippen LogP contribution in [0.3, 0.4) is 0 Å². The van der Waals surface area contributed by atoms with Crippen molar-refractivity contribution in [1.82, 2.24) is 9.78 Å². The molecule has 0 unspecified atom stereocenters. The molecule has 0 spiro atoms. The zero-order chi connectivity index (χ0) is 11.8. The Morgan fingerprint density at radius 1 is 1.12 bits per heavy atom. The molecule has 1 heterocycles. The molecule has 17 heavy (non-hydrogen) atoms. The molecular weight excluding hydrogens is 208 g/mol. The molecule has 88 valence electrons. The Kier molecular flexibility index (Phi) is 2.50. The summed E-state index contributed by atoms with van der Waals surface area (Å²) in [6, 6.07) is 11.0. The first-order chi connectivity index (χ1) is 8.27. The predicted molar refractivity (Wildman–Crippen MR) is 70.1 cm³/mol. The van der Waals surface area contributed by atoms with E-state index in [-0.39, 0.29) is 0 Å². The van der Waals surface area contributed by atoms with Crippen LogP contribution in [0.4, 0.5) is 0 Å². The minimum absolute atomic E-state index is 0.458. The Labute approximate surface area is 102 Å². The summed E-state index contributed by atoms with van der Waals surface area (Å²) in [6.07, 6.45) is 3.65. The molecule has 1 aliphatic carbocycles. The topological polar surface area (TPSA) is 17.8 Å². The van der Waals surface area contributed by atoms with Gasteiger partial charge in [-0.3, -0.25) is 4.68 Å². The van der Waals surface area contributed by atoms with Gasteiger partial charge in [0.15, 0.2) is 0 Å². The summed E-state index contributed by atoms with van der Waals surface area (Å²) in [7, 11) is 0. The van der Waals surface area contributed by atoms with Gasteiger partial charge < -0.3 is 0 Å². The van der Waals surface area contributed by atoms with Crippen molar-refractivity contribution in [2.75, 3.05) is 0 Å². The van der Waals surface area contributed by atoms with Crippen LogP contribution in [0.5, 0.6) is 0 Å². The second kappa shape index (κ2) is 4.02. The van der Waals surface area contributed by atoms with Crippen molar-refractivity contribution >= 4 is 0 Å². The van der Waals surface area contributed by atoms with E-state index in [2.05, 4.69) is 48.9 Å². The van der Waals surface area contributed by atoms with Crippen LogP contribution in [0.25, 0.3) is 11.3 Å². The van der Waals surface area contributed by atoms with Crippen LogP contribution < -0.4 is 0 Å². The molecule has 3 rings (SSSR count). The predicted octanol–water partition coefficient (Wildman–Crippen LogP) is 3.62. The molecule has 2 aromatic rings. The van der Waals surface area contributed by atoms with Crippen LogP contribution in [0.15, 0.2) is 30.3 Å². The van der Waals surface area contributed by atoms with Crippen LogP contribution in [0.2, 0.25) is 0 Å². The van der Waals surface area contributed by atoms with E-state index in [9.17, 15) is 0 Å².